The lowest BCUT2D eigenvalue weighted by Crippen LogP contribution is -2.07. The molecule has 20 heavy (non-hydrogen) atoms. The van der Waals surface area contributed by atoms with E-state index >= 15 is 0 Å². The highest BCUT2D eigenvalue weighted by Gasteiger charge is 2.10. The smallest absolute Gasteiger partial charge is 0.338 e. The van der Waals surface area contributed by atoms with Crippen LogP contribution >= 0.6 is 0 Å². The lowest BCUT2D eigenvalue weighted by Gasteiger charge is -2.09. The number of aryl methyl sites for hydroxylation is 1. The Bertz CT molecular complexity index is 623. The molecule has 0 spiro atoms. The van der Waals surface area contributed by atoms with Crippen LogP contribution in [0.3, 0.4) is 0 Å². The molecule has 0 atom stereocenters. The van der Waals surface area contributed by atoms with Crippen LogP contribution in [0.5, 0.6) is 5.75 Å². The zero-order valence-electron chi connectivity index (χ0n) is 11.6. The summed E-state index contributed by atoms with van der Waals surface area (Å²) in [5.74, 6) is 0.117. The Kier molecular flexibility index (Phi) is 4.25. The van der Waals surface area contributed by atoms with E-state index in [0.717, 1.165) is 11.1 Å². The van der Waals surface area contributed by atoms with Gasteiger partial charge in [-0.2, -0.15) is 0 Å². The van der Waals surface area contributed by atoms with E-state index in [-0.39, 0.29) is 6.61 Å². The van der Waals surface area contributed by atoms with Gasteiger partial charge in [0.15, 0.2) is 0 Å². The Balaban J connectivity index is 2.09. The molecule has 2 aromatic rings. The van der Waals surface area contributed by atoms with Gasteiger partial charge in [-0.3, -0.25) is 0 Å². The number of nitrogen functional groups attached to an aromatic ring is 1. The Labute approximate surface area is 118 Å². The normalized spacial score (nSPS) is 10.1. The van der Waals surface area contributed by atoms with Crippen LogP contribution in [0.4, 0.5) is 5.69 Å². The van der Waals surface area contributed by atoms with E-state index in [1.807, 2.05) is 31.2 Å². The first kappa shape index (κ1) is 13.9. The van der Waals surface area contributed by atoms with Gasteiger partial charge in [-0.05, 0) is 30.2 Å². The number of ether oxygens (including phenoxy) is 2. The third-order valence-corrected chi connectivity index (χ3v) is 3.02. The van der Waals surface area contributed by atoms with Crippen molar-refractivity contribution in [2.45, 2.75) is 13.5 Å². The fourth-order valence-corrected chi connectivity index (χ4v) is 1.86. The molecule has 0 unspecified atom stereocenters. The molecule has 0 aliphatic rings. The summed E-state index contributed by atoms with van der Waals surface area (Å²) < 4.78 is 10.4. The highest BCUT2D eigenvalue weighted by atomic mass is 16.5. The molecule has 104 valence electrons. The quantitative estimate of drug-likeness (QED) is 0.686. The number of hydrogen-bond acceptors (Lipinski definition) is 4. The van der Waals surface area contributed by atoms with Crippen LogP contribution in [0.1, 0.15) is 21.5 Å². The van der Waals surface area contributed by atoms with Crippen molar-refractivity contribution in [3.63, 3.8) is 0 Å². The lowest BCUT2D eigenvalue weighted by atomic mass is 10.1. The first-order valence-electron chi connectivity index (χ1n) is 6.26. The molecule has 0 saturated heterocycles. The van der Waals surface area contributed by atoms with E-state index in [1.54, 1.807) is 18.2 Å². The fourth-order valence-electron chi connectivity index (χ4n) is 1.86. The van der Waals surface area contributed by atoms with Gasteiger partial charge in [0.2, 0.25) is 0 Å². The number of carbonyl (C=O) groups excluding carboxylic acids is 1. The molecule has 4 nitrogen and oxygen atoms in total. The van der Waals surface area contributed by atoms with Crippen molar-refractivity contribution in [1.82, 2.24) is 0 Å². The molecule has 0 saturated carbocycles. The number of rotatable bonds is 4. The van der Waals surface area contributed by atoms with Crippen LogP contribution in [-0.4, -0.2) is 13.1 Å². The van der Waals surface area contributed by atoms with Crippen LogP contribution in [0.25, 0.3) is 0 Å². The summed E-state index contributed by atoms with van der Waals surface area (Å²) in [5, 5.41) is 0. The molecule has 0 amide bonds. The summed E-state index contributed by atoms with van der Waals surface area (Å²) in [4.78, 5) is 12.0. The number of nitrogens with two attached hydrogens (primary N) is 1. The van der Waals surface area contributed by atoms with Crippen molar-refractivity contribution in [1.29, 1.82) is 0 Å². The van der Waals surface area contributed by atoms with Crippen LogP contribution in [0, 0.1) is 6.92 Å². The number of hydrogen-bond donors (Lipinski definition) is 1. The maximum absolute atomic E-state index is 12.0. The molecule has 0 aromatic heterocycles. The molecule has 0 fully saturated rings. The number of methoxy groups -OCH3 is 1. The van der Waals surface area contributed by atoms with Gasteiger partial charge in [-0.25, -0.2) is 4.79 Å². The summed E-state index contributed by atoms with van der Waals surface area (Å²) in [5.41, 5.74) is 8.64. The van der Waals surface area contributed by atoms with E-state index in [9.17, 15) is 4.79 Å². The summed E-state index contributed by atoms with van der Waals surface area (Å²) in [7, 11) is 1.53. The predicted molar refractivity (Wildman–Crippen MR) is 77.7 cm³/mol. The predicted octanol–water partition coefficient (Wildman–Crippen LogP) is 2.94. The first-order chi connectivity index (χ1) is 9.60. The van der Waals surface area contributed by atoms with E-state index in [2.05, 4.69) is 0 Å². The lowest BCUT2D eigenvalue weighted by molar-refractivity contribution is 0.0472. The molecule has 0 bridgehead atoms. The summed E-state index contributed by atoms with van der Waals surface area (Å²) >= 11 is 0. The third kappa shape index (κ3) is 3.29. The fraction of sp³-hybridized carbons (Fsp3) is 0.188. The molecule has 2 rings (SSSR count). The minimum absolute atomic E-state index is 0.239. The van der Waals surface area contributed by atoms with E-state index < -0.39 is 5.97 Å². The van der Waals surface area contributed by atoms with E-state index in [0.29, 0.717) is 17.0 Å². The first-order valence-corrected chi connectivity index (χ1v) is 6.26. The van der Waals surface area contributed by atoms with Gasteiger partial charge < -0.3 is 15.2 Å². The maximum Gasteiger partial charge on any atom is 0.338 e. The largest absolute Gasteiger partial charge is 0.497 e. The van der Waals surface area contributed by atoms with Gasteiger partial charge in [0.1, 0.15) is 12.4 Å². The minimum atomic E-state index is -0.418. The Morgan fingerprint density at radius 1 is 1.20 bits per heavy atom. The highest BCUT2D eigenvalue weighted by molar-refractivity contribution is 5.91. The topological polar surface area (TPSA) is 61.5 Å². The maximum atomic E-state index is 12.0. The van der Waals surface area contributed by atoms with E-state index in [4.69, 9.17) is 15.2 Å². The van der Waals surface area contributed by atoms with Crippen molar-refractivity contribution in [3.8, 4) is 5.75 Å². The average molecular weight is 271 g/mol. The summed E-state index contributed by atoms with van der Waals surface area (Å²) in [6, 6.07) is 12.6. The van der Waals surface area contributed by atoms with Gasteiger partial charge >= 0.3 is 5.97 Å². The van der Waals surface area contributed by atoms with Gasteiger partial charge in [0.25, 0.3) is 0 Å². The van der Waals surface area contributed by atoms with Gasteiger partial charge in [0, 0.05) is 11.8 Å². The molecular weight excluding hydrogens is 254 g/mol. The van der Waals surface area contributed by atoms with Crippen molar-refractivity contribution in [2.24, 2.45) is 0 Å². The van der Waals surface area contributed by atoms with Gasteiger partial charge in [-0.15, -0.1) is 0 Å². The van der Waals surface area contributed by atoms with Crippen molar-refractivity contribution < 1.29 is 14.3 Å². The standard InChI is InChI=1S/C16H17NO3/c1-11-5-3-4-6-12(11)10-20-16(18)13-7-14(17)9-15(8-13)19-2/h3-9H,10,17H2,1-2H3. The average Bonchev–Trinajstić information content (AvgIpc) is 2.45. The van der Waals surface area contributed by atoms with Crippen molar-refractivity contribution in [3.05, 3.63) is 59.2 Å². The second-order valence-corrected chi connectivity index (χ2v) is 4.50. The zero-order chi connectivity index (χ0) is 14.5. The van der Waals surface area contributed by atoms with Gasteiger partial charge in [0.05, 0.1) is 12.7 Å². The summed E-state index contributed by atoms with van der Waals surface area (Å²) in [6.45, 7) is 2.22. The second kappa shape index (κ2) is 6.10. The van der Waals surface area contributed by atoms with Crippen LogP contribution in [-0.2, 0) is 11.3 Å². The van der Waals surface area contributed by atoms with Gasteiger partial charge in [-0.1, -0.05) is 24.3 Å². The Hall–Kier alpha value is -2.49. The number of esters is 1. The molecule has 0 aliphatic carbocycles. The summed E-state index contributed by atoms with van der Waals surface area (Å²) in [6.07, 6.45) is 0. The monoisotopic (exact) mass is 271 g/mol. The molecule has 2 aromatic carbocycles. The molecule has 0 heterocycles. The Morgan fingerprint density at radius 3 is 2.65 bits per heavy atom. The number of carbonyl (C=O) groups is 1. The van der Waals surface area contributed by atoms with E-state index in [1.165, 1.54) is 7.11 Å². The molecule has 2 N–H and O–H groups in total. The van der Waals surface area contributed by atoms with Crippen LogP contribution in [0.2, 0.25) is 0 Å². The third-order valence-electron chi connectivity index (χ3n) is 3.02. The molecular formula is C16H17NO3. The molecule has 0 aliphatic heterocycles. The SMILES string of the molecule is COc1cc(N)cc(C(=O)OCc2ccccc2C)c1. The zero-order valence-corrected chi connectivity index (χ0v) is 11.6. The minimum Gasteiger partial charge on any atom is -0.497 e. The molecule has 4 heteroatoms. The second-order valence-electron chi connectivity index (χ2n) is 4.50. The number of anilines is 1. The van der Waals surface area contributed by atoms with Crippen molar-refractivity contribution >= 4 is 11.7 Å². The molecule has 0 radical (unpaired) electrons. The Morgan fingerprint density at radius 2 is 1.95 bits per heavy atom. The number of benzene rings is 2. The highest BCUT2D eigenvalue weighted by Crippen LogP contribution is 2.19. The van der Waals surface area contributed by atoms with Crippen LogP contribution < -0.4 is 10.5 Å². The van der Waals surface area contributed by atoms with Crippen molar-refractivity contribution in [2.75, 3.05) is 12.8 Å². The van der Waals surface area contributed by atoms with Crippen LogP contribution in [0.15, 0.2) is 42.5 Å².